The Morgan fingerprint density at radius 2 is 2.42 bits per heavy atom. The molecule has 0 aromatic carbocycles. The molecule has 0 saturated carbocycles. The van der Waals surface area contributed by atoms with Crippen molar-refractivity contribution in [2.75, 3.05) is 6.54 Å². The first-order chi connectivity index (χ1) is 5.67. The monoisotopic (exact) mass is 165 g/mol. The highest BCUT2D eigenvalue weighted by Gasteiger charge is 2.32. The van der Waals surface area contributed by atoms with E-state index in [2.05, 4.69) is 25.2 Å². The first kappa shape index (κ1) is 7.87. The van der Waals surface area contributed by atoms with Gasteiger partial charge in [-0.05, 0) is 32.4 Å². The van der Waals surface area contributed by atoms with Gasteiger partial charge in [-0.3, -0.25) is 0 Å². The summed E-state index contributed by atoms with van der Waals surface area (Å²) in [5, 5.41) is 3.47. The van der Waals surface area contributed by atoms with Crippen LogP contribution in [0.3, 0.4) is 0 Å². The Kier molecular flexibility index (Phi) is 1.72. The quantitative estimate of drug-likeness (QED) is 0.689. The molecule has 2 heterocycles. The standard InChI is InChI=1S/C10H15NO/c1-10(2)6-8(7-11-10)9-4-3-5-12-9/h3-5,8,11H,6-7H2,1-2H3. The Morgan fingerprint density at radius 3 is 2.92 bits per heavy atom. The van der Waals surface area contributed by atoms with Crippen molar-refractivity contribution in [1.82, 2.24) is 5.32 Å². The summed E-state index contributed by atoms with van der Waals surface area (Å²) in [5.41, 5.74) is 0.275. The van der Waals surface area contributed by atoms with Crippen molar-refractivity contribution in [3.05, 3.63) is 24.2 Å². The first-order valence-electron chi connectivity index (χ1n) is 4.46. The van der Waals surface area contributed by atoms with Crippen molar-refractivity contribution in [2.45, 2.75) is 31.7 Å². The minimum Gasteiger partial charge on any atom is -0.469 e. The van der Waals surface area contributed by atoms with Gasteiger partial charge in [0.05, 0.1) is 6.26 Å². The van der Waals surface area contributed by atoms with E-state index < -0.39 is 0 Å². The summed E-state index contributed by atoms with van der Waals surface area (Å²) in [6, 6.07) is 4.02. The Morgan fingerprint density at radius 1 is 1.58 bits per heavy atom. The van der Waals surface area contributed by atoms with Crippen LogP contribution in [0.1, 0.15) is 31.9 Å². The molecule has 1 saturated heterocycles. The van der Waals surface area contributed by atoms with Crippen LogP contribution in [0.2, 0.25) is 0 Å². The van der Waals surface area contributed by atoms with Gasteiger partial charge in [-0.25, -0.2) is 0 Å². The highest BCUT2D eigenvalue weighted by molar-refractivity contribution is 5.11. The van der Waals surface area contributed by atoms with Crippen LogP contribution in [0.4, 0.5) is 0 Å². The molecule has 0 spiro atoms. The number of hydrogen-bond acceptors (Lipinski definition) is 2. The number of furan rings is 1. The third-order valence-corrected chi connectivity index (χ3v) is 2.53. The molecule has 0 bridgehead atoms. The Labute approximate surface area is 73.0 Å². The maximum Gasteiger partial charge on any atom is 0.108 e. The summed E-state index contributed by atoms with van der Waals surface area (Å²) in [7, 11) is 0. The van der Waals surface area contributed by atoms with Crippen molar-refractivity contribution in [3.63, 3.8) is 0 Å². The molecular weight excluding hydrogens is 150 g/mol. The average molecular weight is 165 g/mol. The lowest BCUT2D eigenvalue weighted by Gasteiger charge is -2.16. The number of hydrogen-bond donors (Lipinski definition) is 1. The molecule has 1 aromatic rings. The van der Waals surface area contributed by atoms with Gasteiger partial charge >= 0.3 is 0 Å². The van der Waals surface area contributed by atoms with Crippen molar-refractivity contribution in [3.8, 4) is 0 Å². The van der Waals surface area contributed by atoms with Gasteiger partial charge in [0.2, 0.25) is 0 Å². The zero-order chi connectivity index (χ0) is 8.60. The molecule has 1 aliphatic heterocycles. The summed E-state index contributed by atoms with van der Waals surface area (Å²) < 4.78 is 5.37. The third-order valence-electron chi connectivity index (χ3n) is 2.53. The summed E-state index contributed by atoms with van der Waals surface area (Å²) in [6.45, 7) is 5.51. The second-order valence-electron chi connectivity index (χ2n) is 4.18. The smallest absolute Gasteiger partial charge is 0.108 e. The second kappa shape index (κ2) is 2.63. The molecule has 1 aromatic heterocycles. The molecule has 1 N–H and O–H groups in total. The van der Waals surface area contributed by atoms with Crippen LogP contribution in [0.15, 0.2) is 22.8 Å². The van der Waals surface area contributed by atoms with Crippen molar-refractivity contribution in [1.29, 1.82) is 0 Å². The van der Waals surface area contributed by atoms with Crippen molar-refractivity contribution < 1.29 is 4.42 Å². The molecule has 1 unspecified atom stereocenters. The van der Waals surface area contributed by atoms with Crippen LogP contribution >= 0.6 is 0 Å². The van der Waals surface area contributed by atoms with Crippen LogP contribution in [0.25, 0.3) is 0 Å². The van der Waals surface area contributed by atoms with E-state index in [1.54, 1.807) is 6.26 Å². The number of nitrogens with one attached hydrogen (secondary N) is 1. The van der Waals surface area contributed by atoms with Crippen LogP contribution in [0.5, 0.6) is 0 Å². The van der Waals surface area contributed by atoms with Crippen LogP contribution in [0, 0.1) is 0 Å². The van der Waals surface area contributed by atoms with Gasteiger partial charge in [0.1, 0.15) is 5.76 Å². The highest BCUT2D eigenvalue weighted by Crippen LogP contribution is 2.31. The summed E-state index contributed by atoms with van der Waals surface area (Å²) in [4.78, 5) is 0. The van der Waals surface area contributed by atoms with E-state index in [0.29, 0.717) is 5.92 Å². The number of rotatable bonds is 1. The lowest BCUT2D eigenvalue weighted by molar-refractivity contribution is 0.434. The predicted molar refractivity (Wildman–Crippen MR) is 48.1 cm³/mol. The zero-order valence-electron chi connectivity index (χ0n) is 7.63. The van der Waals surface area contributed by atoms with Crippen LogP contribution < -0.4 is 5.32 Å². The molecule has 2 nitrogen and oxygen atoms in total. The van der Waals surface area contributed by atoms with E-state index in [1.165, 1.54) is 6.42 Å². The highest BCUT2D eigenvalue weighted by atomic mass is 16.3. The minimum absolute atomic E-state index is 0.275. The van der Waals surface area contributed by atoms with E-state index in [1.807, 2.05) is 6.07 Å². The molecule has 2 rings (SSSR count). The molecule has 0 radical (unpaired) electrons. The topological polar surface area (TPSA) is 25.2 Å². The summed E-state index contributed by atoms with van der Waals surface area (Å²) in [6.07, 6.45) is 2.92. The SMILES string of the molecule is CC1(C)CC(c2ccco2)CN1. The maximum atomic E-state index is 5.37. The largest absolute Gasteiger partial charge is 0.469 e. The van der Waals surface area contributed by atoms with Crippen LogP contribution in [-0.4, -0.2) is 12.1 Å². The Balaban J connectivity index is 2.10. The van der Waals surface area contributed by atoms with E-state index in [4.69, 9.17) is 4.42 Å². The maximum absolute atomic E-state index is 5.37. The molecule has 0 amide bonds. The van der Waals surface area contributed by atoms with E-state index in [9.17, 15) is 0 Å². The molecule has 12 heavy (non-hydrogen) atoms. The van der Waals surface area contributed by atoms with E-state index in [0.717, 1.165) is 12.3 Å². The Hall–Kier alpha value is -0.760. The molecular formula is C10H15NO. The summed E-state index contributed by atoms with van der Waals surface area (Å²) in [5.74, 6) is 1.68. The van der Waals surface area contributed by atoms with Gasteiger partial charge in [0.25, 0.3) is 0 Å². The molecule has 1 aliphatic rings. The fraction of sp³-hybridized carbons (Fsp3) is 0.600. The predicted octanol–water partition coefficient (Wildman–Crippen LogP) is 2.14. The third kappa shape index (κ3) is 1.39. The van der Waals surface area contributed by atoms with Crippen molar-refractivity contribution >= 4 is 0 Å². The minimum atomic E-state index is 0.275. The fourth-order valence-corrected chi connectivity index (χ4v) is 1.88. The van der Waals surface area contributed by atoms with Crippen LogP contribution in [-0.2, 0) is 0 Å². The van der Waals surface area contributed by atoms with Crippen molar-refractivity contribution in [2.24, 2.45) is 0 Å². The first-order valence-corrected chi connectivity index (χ1v) is 4.46. The lowest BCUT2D eigenvalue weighted by atomic mass is 9.95. The molecule has 2 heteroatoms. The zero-order valence-corrected chi connectivity index (χ0v) is 7.63. The van der Waals surface area contributed by atoms with Gasteiger partial charge in [0.15, 0.2) is 0 Å². The van der Waals surface area contributed by atoms with Gasteiger partial charge in [0, 0.05) is 18.0 Å². The van der Waals surface area contributed by atoms with Gasteiger partial charge in [-0.2, -0.15) is 0 Å². The Bertz CT molecular complexity index is 251. The van der Waals surface area contributed by atoms with E-state index >= 15 is 0 Å². The van der Waals surface area contributed by atoms with E-state index in [-0.39, 0.29) is 5.54 Å². The normalized spacial score (nSPS) is 27.7. The van der Waals surface area contributed by atoms with Gasteiger partial charge in [-0.15, -0.1) is 0 Å². The molecule has 1 fully saturated rings. The molecule has 66 valence electrons. The fourth-order valence-electron chi connectivity index (χ4n) is 1.88. The van der Waals surface area contributed by atoms with Gasteiger partial charge < -0.3 is 9.73 Å². The second-order valence-corrected chi connectivity index (χ2v) is 4.18. The lowest BCUT2D eigenvalue weighted by Crippen LogP contribution is -2.31. The molecule has 0 aliphatic carbocycles. The average Bonchev–Trinajstić information content (AvgIpc) is 2.55. The van der Waals surface area contributed by atoms with Gasteiger partial charge in [-0.1, -0.05) is 0 Å². The molecule has 1 atom stereocenters. The summed E-state index contributed by atoms with van der Waals surface area (Å²) >= 11 is 0.